The molecule has 2 rings (SSSR count). The molecule has 0 spiro atoms. The average Bonchev–Trinajstić information content (AvgIpc) is 2.38. The van der Waals surface area contributed by atoms with E-state index < -0.39 is 0 Å². The summed E-state index contributed by atoms with van der Waals surface area (Å²) in [6.07, 6.45) is 0.609. The van der Waals surface area contributed by atoms with E-state index >= 15 is 0 Å². The second-order valence-corrected chi connectivity index (χ2v) is 5.84. The fourth-order valence-electron chi connectivity index (χ4n) is 1.82. The third-order valence-corrected chi connectivity index (χ3v) is 3.68. The van der Waals surface area contributed by atoms with E-state index in [1.165, 1.54) is 6.07 Å². The average molecular weight is 359 g/mol. The highest BCUT2D eigenvalue weighted by atomic mass is 79.9. The van der Waals surface area contributed by atoms with Crippen LogP contribution in [0.2, 0.25) is 5.02 Å². The first-order valence-electron chi connectivity index (χ1n) is 6.13. The molecule has 0 aromatic heterocycles. The van der Waals surface area contributed by atoms with Gasteiger partial charge in [0.05, 0.1) is 4.47 Å². The maximum atomic E-state index is 13.2. The number of nitrogens with two attached hydrogens (primary N) is 1. The molecule has 2 N–H and O–H groups in total. The van der Waals surface area contributed by atoms with Gasteiger partial charge in [0.1, 0.15) is 17.3 Å². The van der Waals surface area contributed by atoms with Crippen molar-refractivity contribution in [2.24, 2.45) is 5.73 Å². The van der Waals surface area contributed by atoms with Gasteiger partial charge in [-0.1, -0.05) is 17.7 Å². The summed E-state index contributed by atoms with van der Waals surface area (Å²) in [4.78, 5) is 0. The molecule has 0 saturated carbocycles. The predicted octanol–water partition coefficient (Wildman–Crippen LogP) is 4.92. The molecular weight excluding hydrogens is 345 g/mol. The number of halogens is 3. The zero-order chi connectivity index (χ0) is 14.7. The van der Waals surface area contributed by atoms with Crippen molar-refractivity contribution in [3.63, 3.8) is 0 Å². The van der Waals surface area contributed by atoms with E-state index in [2.05, 4.69) is 15.9 Å². The second-order valence-electron chi connectivity index (χ2n) is 4.58. The van der Waals surface area contributed by atoms with Crippen molar-refractivity contribution >= 4 is 27.5 Å². The Labute approximate surface area is 130 Å². The Morgan fingerprint density at radius 1 is 1.35 bits per heavy atom. The van der Waals surface area contributed by atoms with Crippen molar-refractivity contribution in [3.05, 3.63) is 57.3 Å². The molecule has 1 atom stereocenters. The maximum Gasteiger partial charge on any atom is 0.137 e. The second kappa shape index (κ2) is 6.57. The molecule has 106 valence electrons. The van der Waals surface area contributed by atoms with Gasteiger partial charge in [-0.2, -0.15) is 0 Å². The van der Waals surface area contributed by atoms with E-state index in [-0.39, 0.29) is 11.9 Å². The minimum atomic E-state index is -0.334. The van der Waals surface area contributed by atoms with E-state index in [0.29, 0.717) is 27.4 Å². The zero-order valence-corrected chi connectivity index (χ0v) is 13.2. The first-order valence-corrected chi connectivity index (χ1v) is 7.30. The van der Waals surface area contributed by atoms with Gasteiger partial charge in [-0.25, -0.2) is 4.39 Å². The molecule has 2 aromatic carbocycles. The first-order chi connectivity index (χ1) is 9.47. The van der Waals surface area contributed by atoms with Gasteiger partial charge in [-0.3, -0.25) is 0 Å². The van der Waals surface area contributed by atoms with E-state index in [1.807, 2.05) is 13.0 Å². The van der Waals surface area contributed by atoms with Crippen LogP contribution in [0.4, 0.5) is 4.39 Å². The molecule has 0 heterocycles. The standard InChI is InChI=1S/C15H14BrClFNO/c1-9(19)7-11-13(17)3-2-4-15(11)20-10-5-6-14(18)12(16)8-10/h2-6,8-9H,7,19H2,1H3. The number of benzene rings is 2. The molecule has 0 amide bonds. The van der Waals surface area contributed by atoms with Gasteiger partial charge in [0.2, 0.25) is 0 Å². The summed E-state index contributed by atoms with van der Waals surface area (Å²) in [5.74, 6) is 0.832. The smallest absolute Gasteiger partial charge is 0.137 e. The largest absolute Gasteiger partial charge is 0.457 e. The van der Waals surface area contributed by atoms with Crippen LogP contribution in [0.15, 0.2) is 40.9 Å². The summed E-state index contributed by atoms with van der Waals surface area (Å²) < 4.78 is 19.4. The molecule has 20 heavy (non-hydrogen) atoms. The van der Waals surface area contributed by atoms with Gasteiger partial charge in [0, 0.05) is 16.6 Å². The third-order valence-electron chi connectivity index (χ3n) is 2.72. The summed E-state index contributed by atoms with van der Waals surface area (Å²) in [5, 5.41) is 0.612. The highest BCUT2D eigenvalue weighted by Gasteiger charge is 2.12. The summed E-state index contributed by atoms with van der Waals surface area (Å²) >= 11 is 9.32. The first kappa shape index (κ1) is 15.3. The van der Waals surface area contributed by atoms with Crippen molar-refractivity contribution in [1.82, 2.24) is 0 Å². The molecule has 0 aliphatic carbocycles. The van der Waals surface area contributed by atoms with Gasteiger partial charge in [-0.05, 0) is 59.6 Å². The molecule has 1 unspecified atom stereocenters. The van der Waals surface area contributed by atoms with Crippen LogP contribution in [0.25, 0.3) is 0 Å². The van der Waals surface area contributed by atoms with Gasteiger partial charge in [-0.15, -0.1) is 0 Å². The van der Waals surface area contributed by atoms with E-state index in [9.17, 15) is 4.39 Å². The molecule has 0 radical (unpaired) electrons. The molecule has 0 saturated heterocycles. The molecular formula is C15H14BrClFNO. The van der Waals surface area contributed by atoms with Gasteiger partial charge >= 0.3 is 0 Å². The van der Waals surface area contributed by atoms with Crippen LogP contribution in [0.5, 0.6) is 11.5 Å². The van der Waals surface area contributed by atoms with Crippen LogP contribution in [-0.2, 0) is 6.42 Å². The Bertz CT molecular complexity index is 619. The van der Waals surface area contributed by atoms with Crippen molar-refractivity contribution in [1.29, 1.82) is 0 Å². The number of ether oxygens (including phenoxy) is 1. The molecule has 0 aliphatic rings. The Morgan fingerprint density at radius 3 is 2.75 bits per heavy atom. The highest BCUT2D eigenvalue weighted by Crippen LogP contribution is 2.32. The van der Waals surface area contributed by atoms with Crippen LogP contribution in [0.3, 0.4) is 0 Å². The van der Waals surface area contributed by atoms with Gasteiger partial charge < -0.3 is 10.5 Å². The molecule has 5 heteroatoms. The van der Waals surface area contributed by atoms with Crippen LogP contribution in [-0.4, -0.2) is 6.04 Å². The van der Waals surface area contributed by atoms with Crippen molar-refractivity contribution in [2.45, 2.75) is 19.4 Å². The van der Waals surface area contributed by atoms with Crippen molar-refractivity contribution in [3.8, 4) is 11.5 Å². The Kier molecular flexibility index (Phi) is 5.02. The number of rotatable bonds is 4. The van der Waals surface area contributed by atoms with Gasteiger partial charge in [0.25, 0.3) is 0 Å². The van der Waals surface area contributed by atoms with E-state index in [0.717, 1.165) is 5.56 Å². The van der Waals surface area contributed by atoms with Crippen molar-refractivity contribution in [2.75, 3.05) is 0 Å². The Morgan fingerprint density at radius 2 is 2.10 bits per heavy atom. The fourth-order valence-corrected chi connectivity index (χ4v) is 2.42. The minimum Gasteiger partial charge on any atom is -0.457 e. The Hall–Kier alpha value is -1.10. The van der Waals surface area contributed by atoms with Gasteiger partial charge in [0.15, 0.2) is 0 Å². The lowest BCUT2D eigenvalue weighted by Crippen LogP contribution is -2.18. The SMILES string of the molecule is CC(N)Cc1c(Cl)cccc1Oc1ccc(F)c(Br)c1. The quantitative estimate of drug-likeness (QED) is 0.841. The minimum absolute atomic E-state index is 0.0304. The molecule has 2 aromatic rings. The van der Waals surface area contributed by atoms with E-state index in [4.69, 9.17) is 22.1 Å². The molecule has 0 aliphatic heterocycles. The molecule has 2 nitrogen and oxygen atoms in total. The summed E-state index contributed by atoms with van der Waals surface area (Å²) in [6.45, 7) is 1.90. The van der Waals surface area contributed by atoms with Crippen molar-refractivity contribution < 1.29 is 9.13 Å². The lowest BCUT2D eigenvalue weighted by atomic mass is 10.1. The zero-order valence-electron chi connectivity index (χ0n) is 10.9. The predicted molar refractivity (Wildman–Crippen MR) is 83.0 cm³/mol. The summed E-state index contributed by atoms with van der Waals surface area (Å²) in [5.41, 5.74) is 6.68. The summed E-state index contributed by atoms with van der Waals surface area (Å²) in [6, 6.07) is 9.88. The van der Waals surface area contributed by atoms with Crippen LogP contribution in [0.1, 0.15) is 12.5 Å². The molecule has 0 fully saturated rings. The topological polar surface area (TPSA) is 35.2 Å². The normalized spacial score (nSPS) is 12.2. The van der Waals surface area contributed by atoms with Crippen LogP contribution < -0.4 is 10.5 Å². The maximum absolute atomic E-state index is 13.2. The fraction of sp³-hybridized carbons (Fsp3) is 0.200. The number of hydrogen-bond donors (Lipinski definition) is 1. The van der Waals surface area contributed by atoms with E-state index in [1.54, 1.807) is 24.3 Å². The van der Waals surface area contributed by atoms with Crippen LogP contribution in [0, 0.1) is 5.82 Å². The lowest BCUT2D eigenvalue weighted by molar-refractivity contribution is 0.471. The monoisotopic (exact) mass is 357 g/mol. The lowest BCUT2D eigenvalue weighted by Gasteiger charge is -2.14. The highest BCUT2D eigenvalue weighted by molar-refractivity contribution is 9.10. The molecule has 0 bridgehead atoms. The number of hydrogen-bond acceptors (Lipinski definition) is 2. The summed E-state index contributed by atoms with van der Waals surface area (Å²) in [7, 11) is 0. The Balaban J connectivity index is 2.32. The van der Waals surface area contributed by atoms with Crippen LogP contribution >= 0.6 is 27.5 Å². The third kappa shape index (κ3) is 3.72.